The van der Waals surface area contributed by atoms with Crippen molar-refractivity contribution < 1.29 is 19.2 Å². The summed E-state index contributed by atoms with van der Waals surface area (Å²) < 4.78 is 6.70. The van der Waals surface area contributed by atoms with Gasteiger partial charge in [-0.3, -0.25) is 14.9 Å². The summed E-state index contributed by atoms with van der Waals surface area (Å²) in [5, 5.41) is 21.5. The number of nitrogens with one attached hydrogen (secondary N) is 1. The molecule has 3 rings (SSSR count). The van der Waals surface area contributed by atoms with Gasteiger partial charge in [0.15, 0.2) is 6.61 Å². The first kappa shape index (κ1) is 19.0. The molecule has 0 atom stereocenters. The van der Waals surface area contributed by atoms with E-state index in [0.717, 1.165) is 5.52 Å². The maximum atomic E-state index is 12.2. The van der Waals surface area contributed by atoms with Gasteiger partial charge < -0.3 is 10.1 Å². The van der Waals surface area contributed by atoms with Crippen molar-refractivity contribution in [3.63, 3.8) is 0 Å². The van der Waals surface area contributed by atoms with Crippen molar-refractivity contribution in [2.75, 3.05) is 11.9 Å². The molecule has 28 heavy (non-hydrogen) atoms. The molecular formula is C18H17N5O5. The van der Waals surface area contributed by atoms with Gasteiger partial charge >= 0.3 is 5.97 Å². The number of aromatic nitrogens is 3. The second-order valence-electron chi connectivity index (χ2n) is 5.96. The smallest absolute Gasteiger partial charge is 0.338 e. The number of nitro benzene ring substituents is 1. The first-order valence-corrected chi connectivity index (χ1v) is 8.45. The zero-order valence-corrected chi connectivity index (χ0v) is 15.2. The molecule has 0 spiro atoms. The molecule has 0 saturated heterocycles. The van der Waals surface area contributed by atoms with Crippen LogP contribution in [0.1, 0.15) is 22.8 Å². The Labute approximate surface area is 159 Å². The monoisotopic (exact) mass is 383 g/mol. The van der Waals surface area contributed by atoms with Crippen molar-refractivity contribution in [2.24, 2.45) is 0 Å². The number of nitrogens with zero attached hydrogens (tertiary/aromatic N) is 4. The zero-order valence-electron chi connectivity index (χ0n) is 15.2. The fourth-order valence-electron chi connectivity index (χ4n) is 2.69. The van der Waals surface area contributed by atoms with Crippen LogP contribution in [0.25, 0.3) is 11.0 Å². The molecule has 0 saturated carbocycles. The lowest BCUT2D eigenvalue weighted by molar-refractivity contribution is -0.384. The highest BCUT2D eigenvalue weighted by atomic mass is 16.6. The topological polar surface area (TPSA) is 129 Å². The molecule has 10 heteroatoms. The van der Waals surface area contributed by atoms with Gasteiger partial charge in [0.2, 0.25) is 0 Å². The first-order valence-electron chi connectivity index (χ1n) is 8.45. The maximum absolute atomic E-state index is 12.2. The Bertz CT molecular complexity index is 1080. The lowest BCUT2D eigenvalue weighted by Crippen LogP contribution is -2.22. The van der Waals surface area contributed by atoms with E-state index >= 15 is 0 Å². The number of esters is 1. The summed E-state index contributed by atoms with van der Waals surface area (Å²) in [6, 6.07) is 9.23. The molecule has 1 aromatic heterocycles. The summed E-state index contributed by atoms with van der Waals surface area (Å²) in [6.07, 6.45) is 0. The number of benzene rings is 2. The maximum Gasteiger partial charge on any atom is 0.338 e. The number of amides is 1. The Morgan fingerprint density at radius 1 is 1.29 bits per heavy atom. The third kappa shape index (κ3) is 3.80. The van der Waals surface area contributed by atoms with Gasteiger partial charge in [-0.1, -0.05) is 17.3 Å². The SMILES string of the molecule is CCn1nnc2cc(C(=O)OCC(=O)Nc3c(C)cccc3[N+](=O)[O-])ccc21. The van der Waals surface area contributed by atoms with Crippen molar-refractivity contribution in [2.45, 2.75) is 20.4 Å². The van der Waals surface area contributed by atoms with Crippen LogP contribution in [0.3, 0.4) is 0 Å². The Morgan fingerprint density at radius 2 is 2.07 bits per heavy atom. The van der Waals surface area contributed by atoms with Crippen LogP contribution in [0.4, 0.5) is 11.4 Å². The highest BCUT2D eigenvalue weighted by molar-refractivity contribution is 5.98. The molecule has 2 aromatic carbocycles. The van der Waals surface area contributed by atoms with Crippen LogP contribution >= 0.6 is 0 Å². The predicted octanol–water partition coefficient (Wildman–Crippen LogP) is 2.46. The van der Waals surface area contributed by atoms with Crippen LogP contribution in [0, 0.1) is 17.0 Å². The van der Waals surface area contributed by atoms with Crippen LogP contribution < -0.4 is 5.32 Å². The Kier molecular flexibility index (Phi) is 5.30. The molecule has 1 amide bonds. The standard InChI is InChI=1S/C18H17N5O5/c1-3-22-14-8-7-12(9-13(14)20-21-22)18(25)28-10-16(24)19-17-11(2)5-4-6-15(17)23(26)27/h4-9H,3,10H2,1-2H3,(H,19,24). The van der Waals surface area contributed by atoms with E-state index in [1.165, 1.54) is 18.2 Å². The molecule has 0 unspecified atom stereocenters. The van der Waals surface area contributed by atoms with Gasteiger partial charge in [-0.15, -0.1) is 5.10 Å². The predicted molar refractivity (Wildman–Crippen MR) is 99.9 cm³/mol. The molecule has 0 aliphatic carbocycles. The number of aryl methyl sites for hydroxylation is 2. The lowest BCUT2D eigenvalue weighted by Gasteiger charge is -2.09. The van der Waals surface area contributed by atoms with E-state index < -0.39 is 23.4 Å². The Hall–Kier alpha value is -3.82. The molecule has 10 nitrogen and oxygen atoms in total. The molecule has 144 valence electrons. The molecule has 0 aliphatic heterocycles. The molecule has 0 bridgehead atoms. The zero-order chi connectivity index (χ0) is 20.3. The van der Waals surface area contributed by atoms with Gasteiger partial charge in [-0.05, 0) is 37.6 Å². The summed E-state index contributed by atoms with van der Waals surface area (Å²) in [4.78, 5) is 34.8. The average molecular weight is 383 g/mol. The average Bonchev–Trinajstić information content (AvgIpc) is 3.09. The second kappa shape index (κ2) is 7.82. The second-order valence-corrected chi connectivity index (χ2v) is 5.96. The lowest BCUT2D eigenvalue weighted by atomic mass is 10.1. The normalized spacial score (nSPS) is 10.6. The Balaban J connectivity index is 1.67. The van der Waals surface area contributed by atoms with E-state index in [2.05, 4.69) is 15.6 Å². The summed E-state index contributed by atoms with van der Waals surface area (Å²) in [7, 11) is 0. The molecule has 0 aliphatic rings. The number of carbonyl (C=O) groups excluding carboxylic acids is 2. The van der Waals surface area contributed by atoms with Crippen LogP contribution in [0.15, 0.2) is 36.4 Å². The van der Waals surface area contributed by atoms with Gasteiger partial charge in [-0.2, -0.15) is 0 Å². The van der Waals surface area contributed by atoms with Crippen molar-refractivity contribution in [3.05, 3.63) is 57.6 Å². The van der Waals surface area contributed by atoms with E-state index in [9.17, 15) is 19.7 Å². The molecule has 1 heterocycles. The first-order chi connectivity index (χ1) is 13.4. The quantitative estimate of drug-likeness (QED) is 0.393. The number of anilines is 1. The summed E-state index contributed by atoms with van der Waals surface area (Å²) in [5.41, 5.74) is 1.92. The molecule has 0 fully saturated rings. The van der Waals surface area contributed by atoms with E-state index in [1.54, 1.807) is 29.8 Å². The van der Waals surface area contributed by atoms with Gasteiger partial charge in [0.25, 0.3) is 11.6 Å². The Morgan fingerprint density at radius 3 is 2.79 bits per heavy atom. The molecule has 1 N–H and O–H groups in total. The van der Waals surface area contributed by atoms with Crippen molar-refractivity contribution in [1.82, 2.24) is 15.0 Å². The third-order valence-corrected chi connectivity index (χ3v) is 4.10. The number of ether oxygens (including phenoxy) is 1. The number of hydrogen-bond acceptors (Lipinski definition) is 7. The van der Waals surface area contributed by atoms with Gasteiger partial charge in [0.1, 0.15) is 11.2 Å². The highest BCUT2D eigenvalue weighted by Crippen LogP contribution is 2.27. The van der Waals surface area contributed by atoms with Crippen LogP contribution in [-0.4, -0.2) is 38.4 Å². The number of fused-ring (bicyclic) bond motifs is 1. The molecule has 3 aromatic rings. The summed E-state index contributed by atoms with van der Waals surface area (Å²) >= 11 is 0. The highest BCUT2D eigenvalue weighted by Gasteiger charge is 2.19. The summed E-state index contributed by atoms with van der Waals surface area (Å²) in [5.74, 6) is -1.38. The number of rotatable bonds is 6. The molecule has 0 radical (unpaired) electrons. The van der Waals surface area contributed by atoms with E-state index in [1.807, 2.05) is 6.92 Å². The van der Waals surface area contributed by atoms with E-state index in [4.69, 9.17) is 4.74 Å². The van der Waals surface area contributed by atoms with Crippen molar-refractivity contribution in [1.29, 1.82) is 0 Å². The minimum absolute atomic E-state index is 0.0751. The minimum Gasteiger partial charge on any atom is -0.452 e. The van der Waals surface area contributed by atoms with E-state index in [0.29, 0.717) is 17.6 Å². The third-order valence-electron chi connectivity index (χ3n) is 4.10. The van der Waals surface area contributed by atoms with E-state index in [-0.39, 0.29) is 16.9 Å². The van der Waals surface area contributed by atoms with Crippen LogP contribution in [0.2, 0.25) is 0 Å². The number of carbonyl (C=O) groups is 2. The van der Waals surface area contributed by atoms with Crippen molar-refractivity contribution in [3.8, 4) is 0 Å². The van der Waals surface area contributed by atoms with Crippen LogP contribution in [-0.2, 0) is 16.1 Å². The fraction of sp³-hybridized carbons (Fsp3) is 0.222. The minimum atomic E-state index is -0.706. The summed E-state index contributed by atoms with van der Waals surface area (Å²) in [6.45, 7) is 3.62. The molecular weight excluding hydrogens is 366 g/mol. The van der Waals surface area contributed by atoms with Crippen LogP contribution in [0.5, 0.6) is 0 Å². The number of nitro groups is 1. The van der Waals surface area contributed by atoms with Gasteiger partial charge in [0, 0.05) is 12.6 Å². The largest absolute Gasteiger partial charge is 0.452 e. The number of para-hydroxylation sites is 1. The number of hydrogen-bond donors (Lipinski definition) is 1. The van der Waals surface area contributed by atoms with Crippen molar-refractivity contribution >= 4 is 34.3 Å². The van der Waals surface area contributed by atoms with Gasteiger partial charge in [0.05, 0.1) is 16.0 Å². The fourth-order valence-corrected chi connectivity index (χ4v) is 2.69. The van der Waals surface area contributed by atoms with Gasteiger partial charge in [-0.25, -0.2) is 9.48 Å².